The lowest BCUT2D eigenvalue weighted by molar-refractivity contribution is 0.215. The summed E-state index contributed by atoms with van der Waals surface area (Å²) in [7, 11) is 0. The van der Waals surface area contributed by atoms with Crippen molar-refractivity contribution in [1.82, 2.24) is 0 Å². The number of carbonyl (C=O) groups is 1. The van der Waals surface area contributed by atoms with E-state index >= 15 is 0 Å². The molecule has 0 aliphatic carbocycles. The Morgan fingerprint density at radius 3 is 1.93 bits per heavy atom. The van der Waals surface area contributed by atoms with E-state index in [-0.39, 0.29) is 11.2 Å². The van der Waals surface area contributed by atoms with Crippen molar-refractivity contribution in [3.63, 3.8) is 0 Å². The number of rotatable bonds is 4. The van der Waals surface area contributed by atoms with E-state index in [0.717, 1.165) is 16.7 Å². The molecule has 4 nitrogen and oxygen atoms in total. The summed E-state index contributed by atoms with van der Waals surface area (Å²) in [5.41, 5.74) is 3.75. The van der Waals surface area contributed by atoms with Gasteiger partial charge in [0.25, 0.3) is 0 Å². The summed E-state index contributed by atoms with van der Waals surface area (Å²) in [4.78, 5) is 12.0. The quantitative estimate of drug-likeness (QED) is 0.632. The molecular formula is C23H23NO3. The van der Waals surface area contributed by atoms with Gasteiger partial charge in [-0.25, -0.2) is 4.79 Å². The predicted octanol–water partition coefficient (Wildman–Crippen LogP) is 5.64. The number of benzene rings is 3. The Labute approximate surface area is 159 Å². The van der Waals surface area contributed by atoms with Crippen LogP contribution in [0.1, 0.15) is 30.5 Å². The van der Waals surface area contributed by atoms with Gasteiger partial charge >= 0.3 is 6.09 Å². The van der Waals surface area contributed by atoms with Crippen LogP contribution in [0.15, 0.2) is 72.8 Å². The predicted molar refractivity (Wildman–Crippen MR) is 108 cm³/mol. The summed E-state index contributed by atoms with van der Waals surface area (Å²) < 4.78 is 5.35. The third-order valence-corrected chi connectivity index (χ3v) is 4.67. The lowest BCUT2D eigenvalue weighted by Crippen LogP contribution is -2.19. The number of phenolic OH excluding ortho intramolecular Hbond substituents is 1. The molecule has 0 aliphatic heterocycles. The van der Waals surface area contributed by atoms with Crippen LogP contribution < -0.4 is 10.1 Å². The molecule has 27 heavy (non-hydrogen) atoms. The molecule has 0 atom stereocenters. The Morgan fingerprint density at radius 2 is 1.37 bits per heavy atom. The smallest absolute Gasteiger partial charge is 0.417 e. The summed E-state index contributed by atoms with van der Waals surface area (Å²) >= 11 is 0. The maximum atomic E-state index is 12.0. The lowest BCUT2D eigenvalue weighted by Gasteiger charge is -2.26. The van der Waals surface area contributed by atoms with Gasteiger partial charge in [0.15, 0.2) is 0 Å². The van der Waals surface area contributed by atoms with Gasteiger partial charge in [-0.3, -0.25) is 5.32 Å². The van der Waals surface area contributed by atoms with Crippen LogP contribution in [-0.2, 0) is 5.41 Å². The van der Waals surface area contributed by atoms with E-state index in [4.69, 9.17) is 4.74 Å². The van der Waals surface area contributed by atoms with Gasteiger partial charge in [0.1, 0.15) is 11.5 Å². The number of ether oxygens (including phenoxy) is 1. The molecule has 0 heterocycles. The molecule has 3 aromatic rings. The summed E-state index contributed by atoms with van der Waals surface area (Å²) in [6.45, 7) is 6.21. The molecule has 0 spiro atoms. The summed E-state index contributed by atoms with van der Waals surface area (Å²) in [6, 6.07) is 22.2. The first kappa shape index (κ1) is 18.5. The van der Waals surface area contributed by atoms with E-state index < -0.39 is 6.09 Å². The molecule has 4 heteroatoms. The SMILES string of the molecule is Cc1ccc(NC(=O)Oc2ccc(C(C)(C)c3ccc(O)cc3)cc2)cc1. The number of amides is 1. The molecule has 0 saturated heterocycles. The molecule has 0 aromatic heterocycles. The van der Waals surface area contributed by atoms with Crippen molar-refractivity contribution in [2.45, 2.75) is 26.2 Å². The molecule has 0 fully saturated rings. The van der Waals surface area contributed by atoms with Crippen molar-refractivity contribution in [1.29, 1.82) is 0 Å². The van der Waals surface area contributed by atoms with Crippen LogP contribution in [0, 0.1) is 6.92 Å². The molecule has 0 unspecified atom stereocenters. The minimum absolute atomic E-state index is 0.240. The van der Waals surface area contributed by atoms with E-state index in [0.29, 0.717) is 11.4 Å². The normalized spacial score (nSPS) is 11.1. The average Bonchev–Trinajstić information content (AvgIpc) is 2.64. The van der Waals surface area contributed by atoms with Crippen LogP contribution in [0.3, 0.4) is 0 Å². The Hall–Kier alpha value is -3.27. The topological polar surface area (TPSA) is 58.6 Å². The van der Waals surface area contributed by atoms with Gasteiger partial charge in [0, 0.05) is 11.1 Å². The third kappa shape index (κ3) is 4.47. The Kier molecular flexibility index (Phi) is 5.17. The van der Waals surface area contributed by atoms with Gasteiger partial charge in [-0.2, -0.15) is 0 Å². The zero-order valence-corrected chi connectivity index (χ0v) is 15.7. The third-order valence-electron chi connectivity index (χ3n) is 4.67. The molecule has 0 saturated carbocycles. The van der Waals surface area contributed by atoms with Gasteiger partial charge in [-0.1, -0.05) is 55.8 Å². The Balaban J connectivity index is 1.68. The second-order valence-electron chi connectivity index (χ2n) is 7.08. The van der Waals surface area contributed by atoms with Gasteiger partial charge in [0.2, 0.25) is 0 Å². The highest BCUT2D eigenvalue weighted by Crippen LogP contribution is 2.33. The monoisotopic (exact) mass is 361 g/mol. The van der Waals surface area contributed by atoms with Crippen molar-refractivity contribution < 1.29 is 14.6 Å². The first-order valence-electron chi connectivity index (χ1n) is 8.80. The van der Waals surface area contributed by atoms with Crippen LogP contribution in [0.4, 0.5) is 10.5 Å². The first-order valence-corrected chi connectivity index (χ1v) is 8.80. The standard InChI is InChI=1S/C23H23NO3/c1-16-4-10-19(11-5-16)24-22(26)27-21-14-8-18(9-15-21)23(2,3)17-6-12-20(25)13-7-17/h4-15,25H,1-3H3,(H,24,26). The van der Waals surface area contributed by atoms with Crippen LogP contribution in [-0.4, -0.2) is 11.2 Å². The Morgan fingerprint density at radius 1 is 0.852 bits per heavy atom. The molecule has 2 N–H and O–H groups in total. The minimum Gasteiger partial charge on any atom is -0.508 e. The number of aromatic hydroxyl groups is 1. The highest BCUT2D eigenvalue weighted by molar-refractivity contribution is 5.86. The van der Waals surface area contributed by atoms with Crippen molar-refractivity contribution in [3.05, 3.63) is 89.5 Å². The van der Waals surface area contributed by atoms with Gasteiger partial charge < -0.3 is 9.84 Å². The second kappa shape index (κ2) is 7.54. The fraction of sp³-hybridized carbons (Fsp3) is 0.174. The van der Waals surface area contributed by atoms with Gasteiger partial charge in [-0.15, -0.1) is 0 Å². The van der Waals surface area contributed by atoms with Crippen molar-refractivity contribution in [3.8, 4) is 11.5 Å². The molecule has 1 amide bonds. The van der Waals surface area contributed by atoms with Gasteiger partial charge in [0.05, 0.1) is 0 Å². The number of aryl methyl sites for hydroxylation is 1. The van der Waals surface area contributed by atoms with E-state index in [2.05, 4.69) is 19.2 Å². The van der Waals surface area contributed by atoms with Crippen molar-refractivity contribution in [2.75, 3.05) is 5.32 Å². The molecule has 0 aliphatic rings. The molecule has 3 rings (SSSR count). The molecule has 0 radical (unpaired) electrons. The fourth-order valence-corrected chi connectivity index (χ4v) is 2.87. The average molecular weight is 361 g/mol. The lowest BCUT2D eigenvalue weighted by atomic mass is 9.78. The van der Waals surface area contributed by atoms with E-state index in [9.17, 15) is 9.90 Å². The van der Waals surface area contributed by atoms with E-state index in [1.54, 1.807) is 24.3 Å². The summed E-state index contributed by atoms with van der Waals surface area (Å²) in [6.07, 6.45) is -0.524. The molecule has 3 aromatic carbocycles. The van der Waals surface area contributed by atoms with Crippen molar-refractivity contribution >= 4 is 11.8 Å². The maximum absolute atomic E-state index is 12.0. The number of hydrogen-bond acceptors (Lipinski definition) is 3. The zero-order chi connectivity index (χ0) is 19.4. The van der Waals surface area contributed by atoms with E-state index in [1.807, 2.05) is 55.5 Å². The van der Waals surface area contributed by atoms with Crippen LogP contribution >= 0.6 is 0 Å². The molecule has 0 bridgehead atoms. The zero-order valence-electron chi connectivity index (χ0n) is 15.7. The number of phenols is 1. The second-order valence-corrected chi connectivity index (χ2v) is 7.08. The summed E-state index contributed by atoms with van der Waals surface area (Å²) in [5.74, 6) is 0.725. The number of hydrogen-bond donors (Lipinski definition) is 2. The number of nitrogens with one attached hydrogen (secondary N) is 1. The molecular weight excluding hydrogens is 338 g/mol. The number of carbonyl (C=O) groups excluding carboxylic acids is 1. The van der Waals surface area contributed by atoms with Gasteiger partial charge in [-0.05, 0) is 54.4 Å². The van der Waals surface area contributed by atoms with Crippen LogP contribution in [0.25, 0.3) is 0 Å². The summed E-state index contributed by atoms with van der Waals surface area (Å²) in [5, 5.41) is 12.2. The highest BCUT2D eigenvalue weighted by Gasteiger charge is 2.23. The van der Waals surface area contributed by atoms with Crippen molar-refractivity contribution in [2.24, 2.45) is 0 Å². The highest BCUT2D eigenvalue weighted by atomic mass is 16.6. The van der Waals surface area contributed by atoms with Crippen LogP contribution in [0.5, 0.6) is 11.5 Å². The molecule has 138 valence electrons. The van der Waals surface area contributed by atoms with Crippen LogP contribution in [0.2, 0.25) is 0 Å². The minimum atomic E-state index is -0.524. The largest absolute Gasteiger partial charge is 0.508 e. The first-order chi connectivity index (χ1) is 12.8. The maximum Gasteiger partial charge on any atom is 0.417 e. The number of anilines is 1. The van der Waals surface area contributed by atoms with E-state index in [1.165, 1.54) is 0 Å². The fourth-order valence-electron chi connectivity index (χ4n) is 2.87. The Bertz CT molecular complexity index is 911.